The zero-order valence-electron chi connectivity index (χ0n) is 13.9. The van der Waals surface area contributed by atoms with E-state index in [1.807, 2.05) is 18.2 Å². The fourth-order valence-electron chi connectivity index (χ4n) is 3.32. The van der Waals surface area contributed by atoms with Crippen molar-refractivity contribution in [1.82, 2.24) is 4.90 Å². The van der Waals surface area contributed by atoms with Gasteiger partial charge in [0, 0.05) is 12.6 Å². The molecule has 0 unspecified atom stereocenters. The van der Waals surface area contributed by atoms with Gasteiger partial charge in [0.1, 0.15) is 0 Å². The molecule has 0 radical (unpaired) electrons. The van der Waals surface area contributed by atoms with Gasteiger partial charge in [-0.25, -0.2) is 4.79 Å². The molecule has 130 valence electrons. The van der Waals surface area contributed by atoms with Gasteiger partial charge in [-0.3, -0.25) is 9.59 Å². The van der Waals surface area contributed by atoms with Crippen molar-refractivity contribution in [3.05, 3.63) is 35.9 Å². The Balaban J connectivity index is 1.95. The highest BCUT2D eigenvalue weighted by atomic mass is 16.4. The number of hydrogen-bond acceptors (Lipinski definition) is 3. The van der Waals surface area contributed by atoms with Crippen molar-refractivity contribution in [2.75, 3.05) is 6.54 Å². The fraction of sp³-hybridized carbons (Fsp3) is 0.526. The van der Waals surface area contributed by atoms with Gasteiger partial charge in [-0.1, -0.05) is 49.6 Å². The number of hydrogen-bond donors (Lipinski definition) is 1. The minimum atomic E-state index is -1.53. The van der Waals surface area contributed by atoms with Gasteiger partial charge >= 0.3 is 5.97 Å². The summed E-state index contributed by atoms with van der Waals surface area (Å²) < 4.78 is 0. The summed E-state index contributed by atoms with van der Waals surface area (Å²) in [4.78, 5) is 36.3. The highest BCUT2D eigenvalue weighted by Crippen LogP contribution is 2.23. The topological polar surface area (TPSA) is 74.7 Å². The first-order valence-corrected chi connectivity index (χ1v) is 8.67. The largest absolute Gasteiger partial charge is 0.475 e. The summed E-state index contributed by atoms with van der Waals surface area (Å²) in [5.41, 5.74) is 1.22. The summed E-state index contributed by atoms with van der Waals surface area (Å²) in [6, 6.07) is 10.2. The van der Waals surface area contributed by atoms with Gasteiger partial charge in [-0.2, -0.15) is 0 Å². The van der Waals surface area contributed by atoms with Crippen LogP contribution in [0.1, 0.15) is 50.5 Å². The fourth-order valence-corrected chi connectivity index (χ4v) is 3.32. The Bertz CT molecular complexity index is 564. The molecule has 5 nitrogen and oxygen atoms in total. The number of nitrogens with zero attached hydrogens (tertiary/aromatic N) is 1. The molecular weight excluding hydrogens is 306 g/mol. The number of amides is 1. The van der Waals surface area contributed by atoms with E-state index in [0.29, 0.717) is 6.54 Å². The molecule has 1 aromatic carbocycles. The van der Waals surface area contributed by atoms with Gasteiger partial charge in [0.25, 0.3) is 0 Å². The van der Waals surface area contributed by atoms with E-state index in [0.717, 1.165) is 38.5 Å². The van der Waals surface area contributed by atoms with Crippen LogP contribution < -0.4 is 0 Å². The molecule has 1 saturated carbocycles. The number of carboxylic acid groups (broad SMARTS) is 1. The number of aryl methyl sites for hydroxylation is 1. The standard InChI is InChI=1S/C19H25NO4/c21-17(19(23)24)14-18(22)20(16-11-5-2-6-12-16)13-7-10-15-8-3-1-4-9-15/h1,3-4,8-9,16H,2,5-7,10-14H2,(H,23,24). The van der Waals surface area contributed by atoms with E-state index in [4.69, 9.17) is 5.11 Å². The average Bonchev–Trinajstić information content (AvgIpc) is 2.60. The van der Waals surface area contributed by atoms with E-state index < -0.39 is 18.2 Å². The zero-order chi connectivity index (χ0) is 17.4. The second-order valence-electron chi connectivity index (χ2n) is 6.37. The Morgan fingerprint density at radius 3 is 2.33 bits per heavy atom. The molecule has 0 spiro atoms. The molecule has 2 rings (SSSR count). The second kappa shape index (κ2) is 9.21. The van der Waals surface area contributed by atoms with Crippen LogP contribution in [0.2, 0.25) is 0 Å². The number of benzene rings is 1. The van der Waals surface area contributed by atoms with E-state index in [1.54, 1.807) is 4.90 Å². The van der Waals surface area contributed by atoms with Crippen LogP contribution in [0.25, 0.3) is 0 Å². The molecule has 0 saturated heterocycles. The quantitative estimate of drug-likeness (QED) is 0.587. The number of carbonyl (C=O) groups is 3. The van der Waals surface area contributed by atoms with Crippen LogP contribution in [0, 0.1) is 0 Å². The maximum absolute atomic E-state index is 12.4. The first-order chi connectivity index (χ1) is 11.6. The molecule has 1 N–H and O–H groups in total. The van der Waals surface area contributed by atoms with E-state index in [9.17, 15) is 14.4 Å². The van der Waals surface area contributed by atoms with E-state index in [-0.39, 0.29) is 11.9 Å². The summed E-state index contributed by atoms with van der Waals surface area (Å²) in [7, 11) is 0. The number of ketones is 1. The van der Waals surface area contributed by atoms with Crippen molar-refractivity contribution in [3.63, 3.8) is 0 Å². The predicted molar refractivity (Wildman–Crippen MR) is 90.6 cm³/mol. The highest BCUT2D eigenvalue weighted by molar-refractivity contribution is 6.36. The SMILES string of the molecule is O=C(O)C(=O)CC(=O)N(CCCc1ccccc1)C1CCCCC1. The molecule has 1 aromatic rings. The van der Waals surface area contributed by atoms with Crippen molar-refractivity contribution in [2.24, 2.45) is 0 Å². The van der Waals surface area contributed by atoms with Crippen LogP contribution in [-0.2, 0) is 20.8 Å². The van der Waals surface area contributed by atoms with Crippen LogP contribution in [0.3, 0.4) is 0 Å². The van der Waals surface area contributed by atoms with Crippen LogP contribution in [-0.4, -0.2) is 40.3 Å². The molecule has 0 heterocycles. The summed E-state index contributed by atoms with van der Waals surface area (Å²) in [6.07, 6.45) is 6.38. The number of carboxylic acids is 1. The minimum Gasteiger partial charge on any atom is -0.475 e. The van der Waals surface area contributed by atoms with Gasteiger partial charge in [0.15, 0.2) is 0 Å². The average molecular weight is 331 g/mol. The van der Waals surface area contributed by atoms with Crippen LogP contribution in [0.4, 0.5) is 0 Å². The van der Waals surface area contributed by atoms with Crippen LogP contribution in [0.5, 0.6) is 0 Å². The third-order valence-electron chi connectivity index (χ3n) is 4.59. The number of carbonyl (C=O) groups excluding carboxylic acids is 2. The Hall–Kier alpha value is -2.17. The normalized spacial score (nSPS) is 15.0. The molecule has 1 aliphatic rings. The maximum Gasteiger partial charge on any atom is 0.372 e. The predicted octanol–water partition coefficient (Wildman–Crippen LogP) is 2.82. The minimum absolute atomic E-state index is 0.142. The van der Waals surface area contributed by atoms with Gasteiger partial charge in [0.2, 0.25) is 11.7 Å². The summed E-state index contributed by atoms with van der Waals surface area (Å²) in [6.45, 7) is 0.575. The van der Waals surface area contributed by atoms with E-state index in [2.05, 4.69) is 12.1 Å². The Morgan fingerprint density at radius 1 is 1.04 bits per heavy atom. The molecular formula is C19H25NO4. The van der Waals surface area contributed by atoms with Gasteiger partial charge in [0.05, 0.1) is 6.42 Å². The molecule has 5 heteroatoms. The van der Waals surface area contributed by atoms with Gasteiger partial charge in [-0.05, 0) is 31.2 Å². The molecule has 0 atom stereocenters. The summed E-state index contributed by atoms with van der Waals surface area (Å²) >= 11 is 0. The Labute approximate surface area is 142 Å². The van der Waals surface area contributed by atoms with Gasteiger partial charge < -0.3 is 10.0 Å². The Morgan fingerprint density at radius 2 is 1.71 bits per heavy atom. The molecule has 0 aromatic heterocycles. The number of aliphatic carboxylic acids is 1. The van der Waals surface area contributed by atoms with Crippen LogP contribution in [0.15, 0.2) is 30.3 Å². The molecule has 0 aliphatic heterocycles. The van der Waals surface area contributed by atoms with Gasteiger partial charge in [-0.15, -0.1) is 0 Å². The van der Waals surface area contributed by atoms with E-state index in [1.165, 1.54) is 12.0 Å². The molecule has 24 heavy (non-hydrogen) atoms. The Kier molecular flexibility index (Phi) is 6.97. The molecule has 0 bridgehead atoms. The maximum atomic E-state index is 12.4. The highest BCUT2D eigenvalue weighted by Gasteiger charge is 2.27. The second-order valence-corrected chi connectivity index (χ2v) is 6.37. The van der Waals surface area contributed by atoms with Crippen molar-refractivity contribution < 1.29 is 19.5 Å². The summed E-state index contributed by atoms with van der Waals surface area (Å²) in [5, 5.41) is 8.73. The molecule has 1 aliphatic carbocycles. The first-order valence-electron chi connectivity index (χ1n) is 8.67. The number of Topliss-reactive ketones (excluding diaryl/α,β-unsaturated/α-hetero) is 1. The summed E-state index contributed by atoms with van der Waals surface area (Å²) in [5.74, 6) is -2.90. The van der Waals surface area contributed by atoms with E-state index >= 15 is 0 Å². The first kappa shape index (κ1) is 18.2. The monoisotopic (exact) mass is 331 g/mol. The third kappa shape index (κ3) is 5.48. The van der Waals surface area contributed by atoms with Crippen molar-refractivity contribution in [3.8, 4) is 0 Å². The number of rotatable bonds is 8. The lowest BCUT2D eigenvalue weighted by Gasteiger charge is -2.34. The third-order valence-corrected chi connectivity index (χ3v) is 4.59. The smallest absolute Gasteiger partial charge is 0.372 e. The van der Waals surface area contributed by atoms with Crippen molar-refractivity contribution in [2.45, 2.75) is 57.4 Å². The van der Waals surface area contributed by atoms with Crippen molar-refractivity contribution in [1.29, 1.82) is 0 Å². The van der Waals surface area contributed by atoms with Crippen LogP contribution >= 0.6 is 0 Å². The molecule has 1 amide bonds. The lowest BCUT2D eigenvalue weighted by atomic mass is 9.93. The molecule has 1 fully saturated rings. The zero-order valence-corrected chi connectivity index (χ0v) is 13.9. The van der Waals surface area contributed by atoms with Crippen molar-refractivity contribution >= 4 is 17.7 Å². The lowest BCUT2D eigenvalue weighted by molar-refractivity contribution is -0.152. The lowest BCUT2D eigenvalue weighted by Crippen LogP contribution is -2.43.